The van der Waals surface area contributed by atoms with Gasteiger partial charge < -0.3 is 14.2 Å². The van der Waals surface area contributed by atoms with Crippen LogP contribution in [-0.4, -0.2) is 20.8 Å². The monoisotopic (exact) mass is 210 g/mol. The summed E-state index contributed by atoms with van der Waals surface area (Å²) in [6, 6.07) is 5.54. The summed E-state index contributed by atoms with van der Waals surface area (Å²) in [7, 11) is 3.27. The summed E-state index contributed by atoms with van der Waals surface area (Å²) >= 11 is 0. The molecule has 1 aromatic carbocycles. The topological polar surface area (TPSA) is 27.7 Å². The Morgan fingerprint density at radius 3 is 2.47 bits per heavy atom. The van der Waals surface area contributed by atoms with Crippen molar-refractivity contribution in [3.8, 4) is 17.2 Å². The fourth-order valence-electron chi connectivity index (χ4n) is 1.22. The molecule has 0 radical (unpaired) electrons. The largest absolute Gasteiger partial charge is 0.497 e. The number of hydrogen-bond donors (Lipinski definition) is 0. The maximum atomic E-state index is 5.61. The molecule has 0 saturated carbocycles. The minimum Gasteiger partial charge on any atom is -0.497 e. The van der Waals surface area contributed by atoms with Gasteiger partial charge in [0.15, 0.2) is 11.5 Å². The Morgan fingerprint density at radius 2 is 1.87 bits per heavy atom. The molecule has 0 bridgehead atoms. The average molecular weight is 210 g/mol. The third kappa shape index (κ3) is 3.35. The molecule has 0 N–H and O–H groups in total. The van der Waals surface area contributed by atoms with Gasteiger partial charge in [-0.15, -0.1) is 0 Å². The van der Waals surface area contributed by atoms with E-state index in [9.17, 15) is 0 Å². The van der Waals surface area contributed by atoms with E-state index in [0.717, 1.165) is 30.1 Å². The first kappa shape index (κ1) is 11.7. The maximum Gasteiger partial charge on any atom is 0.164 e. The molecule has 84 valence electrons. The van der Waals surface area contributed by atoms with Crippen molar-refractivity contribution in [1.82, 2.24) is 0 Å². The van der Waals surface area contributed by atoms with Crippen LogP contribution >= 0.6 is 0 Å². The van der Waals surface area contributed by atoms with E-state index in [4.69, 9.17) is 14.2 Å². The molecule has 3 heteroatoms. The molecule has 0 aliphatic rings. The van der Waals surface area contributed by atoms with Crippen LogP contribution in [0.1, 0.15) is 19.8 Å². The highest BCUT2D eigenvalue weighted by Crippen LogP contribution is 2.31. The van der Waals surface area contributed by atoms with Crippen molar-refractivity contribution >= 4 is 0 Å². The van der Waals surface area contributed by atoms with Crippen molar-refractivity contribution in [3.63, 3.8) is 0 Å². The van der Waals surface area contributed by atoms with Crippen LogP contribution < -0.4 is 14.2 Å². The molecular weight excluding hydrogens is 192 g/mol. The lowest BCUT2D eigenvalue weighted by Crippen LogP contribution is -1.99. The van der Waals surface area contributed by atoms with Gasteiger partial charge in [-0.2, -0.15) is 0 Å². The SMILES string of the molecule is CCCCOc1cc(OC)ccc1OC. The quantitative estimate of drug-likeness (QED) is 0.676. The second-order valence-corrected chi connectivity index (χ2v) is 3.22. The van der Waals surface area contributed by atoms with E-state index in [1.54, 1.807) is 14.2 Å². The van der Waals surface area contributed by atoms with Crippen LogP contribution in [0.5, 0.6) is 17.2 Å². The van der Waals surface area contributed by atoms with Crippen LogP contribution in [0.25, 0.3) is 0 Å². The Morgan fingerprint density at radius 1 is 1.07 bits per heavy atom. The van der Waals surface area contributed by atoms with E-state index >= 15 is 0 Å². The molecule has 0 unspecified atom stereocenters. The van der Waals surface area contributed by atoms with Crippen molar-refractivity contribution < 1.29 is 14.2 Å². The van der Waals surface area contributed by atoms with Crippen LogP contribution in [0.3, 0.4) is 0 Å². The first-order valence-corrected chi connectivity index (χ1v) is 5.16. The zero-order chi connectivity index (χ0) is 11.1. The highest BCUT2D eigenvalue weighted by molar-refractivity contribution is 5.45. The lowest BCUT2D eigenvalue weighted by atomic mass is 10.3. The van der Waals surface area contributed by atoms with Gasteiger partial charge in [-0.05, 0) is 18.6 Å². The molecule has 1 rings (SSSR count). The predicted octanol–water partition coefficient (Wildman–Crippen LogP) is 2.88. The molecule has 0 aliphatic carbocycles. The summed E-state index contributed by atoms with van der Waals surface area (Å²) in [6.45, 7) is 2.84. The number of unbranched alkanes of at least 4 members (excludes halogenated alkanes) is 1. The molecular formula is C12H18O3. The molecule has 0 spiro atoms. The minimum absolute atomic E-state index is 0.708. The molecule has 0 aromatic heterocycles. The first-order chi connectivity index (χ1) is 7.31. The molecule has 0 amide bonds. The van der Waals surface area contributed by atoms with Gasteiger partial charge in [-0.1, -0.05) is 13.3 Å². The number of hydrogen-bond acceptors (Lipinski definition) is 3. The van der Waals surface area contributed by atoms with E-state index in [1.165, 1.54) is 0 Å². The highest BCUT2D eigenvalue weighted by Gasteiger charge is 2.05. The van der Waals surface area contributed by atoms with Gasteiger partial charge in [0, 0.05) is 6.07 Å². The van der Waals surface area contributed by atoms with Crippen LogP contribution in [0.2, 0.25) is 0 Å². The zero-order valence-electron chi connectivity index (χ0n) is 9.58. The zero-order valence-corrected chi connectivity index (χ0v) is 9.58. The van der Waals surface area contributed by atoms with Crippen LogP contribution in [0.15, 0.2) is 18.2 Å². The molecule has 0 fully saturated rings. The lowest BCUT2D eigenvalue weighted by Gasteiger charge is -2.11. The van der Waals surface area contributed by atoms with Crippen LogP contribution in [-0.2, 0) is 0 Å². The summed E-state index contributed by atoms with van der Waals surface area (Å²) in [5.41, 5.74) is 0. The Kier molecular flexibility index (Phi) is 4.81. The van der Waals surface area contributed by atoms with Crippen molar-refractivity contribution in [2.24, 2.45) is 0 Å². The van der Waals surface area contributed by atoms with Gasteiger partial charge in [0.05, 0.1) is 20.8 Å². The van der Waals surface area contributed by atoms with Gasteiger partial charge in [-0.25, -0.2) is 0 Å². The second-order valence-electron chi connectivity index (χ2n) is 3.22. The van der Waals surface area contributed by atoms with E-state index in [-0.39, 0.29) is 0 Å². The van der Waals surface area contributed by atoms with E-state index in [2.05, 4.69) is 6.92 Å². The maximum absolute atomic E-state index is 5.61. The van der Waals surface area contributed by atoms with Crippen LogP contribution in [0, 0.1) is 0 Å². The first-order valence-electron chi connectivity index (χ1n) is 5.16. The second kappa shape index (κ2) is 6.17. The number of methoxy groups -OCH3 is 2. The lowest BCUT2D eigenvalue weighted by molar-refractivity contribution is 0.286. The normalized spacial score (nSPS) is 9.80. The van der Waals surface area contributed by atoms with Gasteiger partial charge in [-0.3, -0.25) is 0 Å². The Labute approximate surface area is 91.0 Å². The van der Waals surface area contributed by atoms with Crippen molar-refractivity contribution in [2.75, 3.05) is 20.8 Å². The molecule has 0 heterocycles. The average Bonchev–Trinajstić information content (AvgIpc) is 2.29. The molecule has 1 aromatic rings. The van der Waals surface area contributed by atoms with E-state index in [0.29, 0.717) is 6.61 Å². The molecule has 0 atom stereocenters. The molecule has 3 nitrogen and oxygen atoms in total. The molecule has 0 saturated heterocycles. The summed E-state index contributed by atoms with van der Waals surface area (Å²) < 4.78 is 15.9. The number of ether oxygens (including phenoxy) is 3. The summed E-state index contributed by atoms with van der Waals surface area (Å²) in [4.78, 5) is 0. The van der Waals surface area contributed by atoms with E-state index < -0.39 is 0 Å². The fourth-order valence-corrected chi connectivity index (χ4v) is 1.22. The Bertz CT molecular complexity index is 297. The van der Waals surface area contributed by atoms with E-state index in [1.807, 2.05) is 18.2 Å². The van der Waals surface area contributed by atoms with Crippen molar-refractivity contribution in [1.29, 1.82) is 0 Å². The van der Waals surface area contributed by atoms with Gasteiger partial charge in [0.1, 0.15) is 5.75 Å². The Balaban J connectivity index is 2.72. The third-order valence-electron chi connectivity index (χ3n) is 2.13. The summed E-state index contributed by atoms with van der Waals surface area (Å²) in [5, 5.41) is 0. The summed E-state index contributed by atoms with van der Waals surface area (Å²) in [5.74, 6) is 2.26. The van der Waals surface area contributed by atoms with Crippen molar-refractivity contribution in [3.05, 3.63) is 18.2 Å². The third-order valence-corrected chi connectivity index (χ3v) is 2.13. The molecule has 15 heavy (non-hydrogen) atoms. The fraction of sp³-hybridized carbons (Fsp3) is 0.500. The predicted molar refractivity (Wildman–Crippen MR) is 59.9 cm³/mol. The van der Waals surface area contributed by atoms with Gasteiger partial charge in [0.2, 0.25) is 0 Å². The number of rotatable bonds is 6. The summed E-state index contributed by atoms with van der Waals surface area (Å²) in [6.07, 6.45) is 2.16. The highest BCUT2D eigenvalue weighted by atomic mass is 16.5. The Hall–Kier alpha value is -1.38. The minimum atomic E-state index is 0.708. The number of benzene rings is 1. The smallest absolute Gasteiger partial charge is 0.164 e. The standard InChI is InChI=1S/C12H18O3/c1-4-5-8-15-12-9-10(13-2)6-7-11(12)14-3/h6-7,9H,4-5,8H2,1-3H3. The molecule has 0 aliphatic heterocycles. The van der Waals surface area contributed by atoms with Gasteiger partial charge >= 0.3 is 0 Å². The van der Waals surface area contributed by atoms with Crippen molar-refractivity contribution in [2.45, 2.75) is 19.8 Å². The van der Waals surface area contributed by atoms with Gasteiger partial charge in [0.25, 0.3) is 0 Å². The van der Waals surface area contributed by atoms with Crippen LogP contribution in [0.4, 0.5) is 0 Å².